The fraction of sp³-hybridized carbons (Fsp3) is 0.429. The molecule has 0 aromatic carbocycles. The van der Waals surface area contributed by atoms with E-state index in [1.54, 1.807) is 0 Å². The highest BCUT2D eigenvalue weighted by molar-refractivity contribution is 5.29. The highest BCUT2D eigenvalue weighted by atomic mass is 19.4. The van der Waals surface area contributed by atoms with Crippen LogP contribution in [-0.4, -0.2) is 12.2 Å². The van der Waals surface area contributed by atoms with Gasteiger partial charge in [0, 0.05) is 12.5 Å². The molecule has 2 nitrogen and oxygen atoms in total. The van der Waals surface area contributed by atoms with Gasteiger partial charge < -0.3 is 5.73 Å². The van der Waals surface area contributed by atoms with Gasteiger partial charge >= 0.3 is 6.36 Å². The van der Waals surface area contributed by atoms with Crippen molar-refractivity contribution in [3.63, 3.8) is 0 Å². The Morgan fingerprint density at radius 3 is 2.43 bits per heavy atom. The van der Waals surface area contributed by atoms with E-state index >= 15 is 0 Å². The molecular formula is C7H6F5NO. The van der Waals surface area contributed by atoms with E-state index in [0.29, 0.717) is 6.08 Å². The summed E-state index contributed by atoms with van der Waals surface area (Å²) in [5.41, 5.74) is 4.20. The number of hydrogen-bond donors (Lipinski definition) is 1. The van der Waals surface area contributed by atoms with Crippen LogP contribution in [0.15, 0.2) is 23.7 Å². The van der Waals surface area contributed by atoms with E-state index < -0.39 is 30.2 Å². The Kier molecular flexibility index (Phi) is 2.53. The van der Waals surface area contributed by atoms with Crippen LogP contribution >= 0.6 is 0 Å². The lowest BCUT2D eigenvalue weighted by Gasteiger charge is -2.25. The molecule has 0 saturated carbocycles. The Morgan fingerprint density at radius 2 is 2.00 bits per heavy atom. The summed E-state index contributed by atoms with van der Waals surface area (Å²) in [5.74, 6) is -4.07. The topological polar surface area (TPSA) is 35.2 Å². The molecule has 1 unspecified atom stereocenters. The third-order valence-electron chi connectivity index (χ3n) is 1.49. The molecule has 1 aliphatic carbocycles. The molecule has 14 heavy (non-hydrogen) atoms. The molecule has 1 aliphatic rings. The van der Waals surface area contributed by atoms with Crippen LogP contribution in [0.5, 0.6) is 0 Å². The third kappa shape index (κ3) is 2.69. The molecule has 80 valence electrons. The van der Waals surface area contributed by atoms with E-state index in [9.17, 15) is 22.0 Å². The fourth-order valence-electron chi connectivity index (χ4n) is 0.970. The molecule has 0 aromatic heterocycles. The van der Waals surface area contributed by atoms with Crippen LogP contribution in [-0.2, 0) is 4.74 Å². The number of allylic oxidation sites excluding steroid dienone is 1. The number of rotatable bonds is 1. The van der Waals surface area contributed by atoms with E-state index in [-0.39, 0.29) is 6.08 Å². The monoisotopic (exact) mass is 215 g/mol. The molecule has 0 fully saturated rings. The average Bonchev–Trinajstić information content (AvgIpc) is 1.94. The number of alkyl halides is 4. The lowest BCUT2D eigenvalue weighted by molar-refractivity contribution is -0.380. The smallest absolute Gasteiger partial charge is 0.396 e. The van der Waals surface area contributed by atoms with Crippen molar-refractivity contribution in [2.75, 3.05) is 0 Å². The number of hydrogen-bond acceptors (Lipinski definition) is 2. The predicted molar refractivity (Wildman–Crippen MR) is 37.1 cm³/mol. The van der Waals surface area contributed by atoms with Crippen LogP contribution in [0.3, 0.4) is 0 Å². The van der Waals surface area contributed by atoms with Gasteiger partial charge in [0.2, 0.25) is 5.85 Å². The van der Waals surface area contributed by atoms with Crippen LogP contribution in [0.25, 0.3) is 0 Å². The molecule has 7 heteroatoms. The van der Waals surface area contributed by atoms with Crippen molar-refractivity contribution in [3.05, 3.63) is 23.7 Å². The van der Waals surface area contributed by atoms with E-state index in [1.165, 1.54) is 0 Å². The summed E-state index contributed by atoms with van der Waals surface area (Å²) in [6, 6.07) is 0. The molecule has 0 saturated heterocycles. The van der Waals surface area contributed by atoms with Crippen LogP contribution in [0, 0.1) is 0 Å². The van der Waals surface area contributed by atoms with Crippen molar-refractivity contribution in [2.24, 2.45) is 5.73 Å². The van der Waals surface area contributed by atoms with Gasteiger partial charge in [0.05, 0.1) is 5.70 Å². The van der Waals surface area contributed by atoms with E-state index in [1.807, 2.05) is 0 Å². The van der Waals surface area contributed by atoms with Crippen molar-refractivity contribution in [2.45, 2.75) is 18.6 Å². The maximum Gasteiger partial charge on any atom is 0.525 e. The molecule has 1 atom stereocenters. The van der Waals surface area contributed by atoms with Gasteiger partial charge in [0.15, 0.2) is 0 Å². The highest BCUT2D eigenvalue weighted by Crippen LogP contribution is 2.34. The van der Waals surface area contributed by atoms with Crippen molar-refractivity contribution in [1.82, 2.24) is 0 Å². The van der Waals surface area contributed by atoms with Crippen LogP contribution in [0.1, 0.15) is 6.42 Å². The quantitative estimate of drug-likeness (QED) is 0.681. The second-order valence-electron chi connectivity index (χ2n) is 2.69. The molecule has 0 spiro atoms. The summed E-state index contributed by atoms with van der Waals surface area (Å²) in [7, 11) is 0. The molecule has 0 heterocycles. The first-order valence-electron chi connectivity index (χ1n) is 3.52. The Labute approximate surface area is 75.8 Å². The normalized spacial score (nSPS) is 28.4. The fourth-order valence-corrected chi connectivity index (χ4v) is 0.970. The first-order valence-corrected chi connectivity index (χ1v) is 3.52. The van der Waals surface area contributed by atoms with E-state index in [4.69, 9.17) is 5.73 Å². The zero-order valence-corrected chi connectivity index (χ0v) is 6.74. The summed E-state index contributed by atoms with van der Waals surface area (Å²) in [6.07, 6.45) is -5.14. The third-order valence-corrected chi connectivity index (χ3v) is 1.49. The summed E-state index contributed by atoms with van der Waals surface area (Å²) >= 11 is 0. The lowest BCUT2D eigenvalue weighted by Crippen LogP contribution is -2.34. The van der Waals surface area contributed by atoms with Gasteiger partial charge in [0.25, 0.3) is 0 Å². The minimum atomic E-state index is -5.13. The number of ether oxygens (including phenoxy) is 1. The van der Waals surface area contributed by atoms with Crippen molar-refractivity contribution < 1.29 is 26.7 Å². The van der Waals surface area contributed by atoms with Gasteiger partial charge in [-0.05, 0) is 6.08 Å². The molecule has 0 amide bonds. The van der Waals surface area contributed by atoms with Crippen LogP contribution < -0.4 is 5.73 Å². The SMILES string of the molecule is NC1=CC(F)(OC(F)(F)F)CC=C1F. The molecule has 0 bridgehead atoms. The Balaban J connectivity index is 2.80. The summed E-state index contributed by atoms with van der Waals surface area (Å²) in [6.45, 7) is 0. The maximum absolute atomic E-state index is 13.2. The summed E-state index contributed by atoms with van der Waals surface area (Å²) in [4.78, 5) is 0. The van der Waals surface area contributed by atoms with Gasteiger partial charge in [0.1, 0.15) is 5.83 Å². The highest BCUT2D eigenvalue weighted by Gasteiger charge is 2.43. The van der Waals surface area contributed by atoms with Gasteiger partial charge in [-0.25, -0.2) is 8.78 Å². The Hall–Kier alpha value is -1.11. The minimum Gasteiger partial charge on any atom is -0.396 e. The first kappa shape index (κ1) is 11.0. The largest absolute Gasteiger partial charge is 0.525 e. The Bertz CT molecular complexity index is 295. The zero-order chi connectivity index (χ0) is 11.0. The lowest BCUT2D eigenvalue weighted by atomic mass is 10.1. The second kappa shape index (κ2) is 3.23. The predicted octanol–water partition coefficient (Wildman–Crippen LogP) is 2.29. The van der Waals surface area contributed by atoms with Gasteiger partial charge in [-0.15, -0.1) is 13.2 Å². The van der Waals surface area contributed by atoms with Crippen LogP contribution in [0.2, 0.25) is 0 Å². The molecule has 0 radical (unpaired) electrons. The molecule has 1 rings (SSSR count). The zero-order valence-electron chi connectivity index (χ0n) is 6.74. The van der Waals surface area contributed by atoms with Gasteiger partial charge in [-0.1, -0.05) is 0 Å². The Morgan fingerprint density at radius 1 is 1.43 bits per heavy atom. The van der Waals surface area contributed by atoms with Crippen LogP contribution in [0.4, 0.5) is 22.0 Å². The molecule has 2 N–H and O–H groups in total. The van der Waals surface area contributed by atoms with Crippen molar-refractivity contribution in [1.29, 1.82) is 0 Å². The number of halogens is 5. The summed E-state index contributed by atoms with van der Waals surface area (Å²) < 4.78 is 63.8. The molecule has 0 aromatic rings. The number of nitrogens with two attached hydrogens (primary N) is 1. The standard InChI is InChI=1S/C7H6F5NO/c8-4-1-2-6(9,3-5(4)13)14-7(10,11)12/h1,3H,2,13H2. The van der Waals surface area contributed by atoms with Gasteiger partial charge in [-0.3, -0.25) is 4.74 Å². The summed E-state index contributed by atoms with van der Waals surface area (Å²) in [5, 5.41) is 0. The molecular weight excluding hydrogens is 209 g/mol. The van der Waals surface area contributed by atoms with Gasteiger partial charge in [-0.2, -0.15) is 0 Å². The van der Waals surface area contributed by atoms with Crippen molar-refractivity contribution >= 4 is 0 Å². The van der Waals surface area contributed by atoms with E-state index in [0.717, 1.165) is 0 Å². The van der Waals surface area contributed by atoms with E-state index in [2.05, 4.69) is 4.74 Å². The first-order chi connectivity index (χ1) is 6.22. The maximum atomic E-state index is 13.2. The van der Waals surface area contributed by atoms with Crippen molar-refractivity contribution in [3.8, 4) is 0 Å². The molecule has 0 aliphatic heterocycles. The minimum absolute atomic E-state index is 0.260. The average molecular weight is 215 g/mol. The second-order valence-corrected chi connectivity index (χ2v) is 2.69.